The van der Waals surface area contributed by atoms with Crippen molar-refractivity contribution in [3.8, 4) is 0 Å². The van der Waals surface area contributed by atoms with Crippen molar-refractivity contribution in [2.45, 2.75) is 64.7 Å². The van der Waals surface area contributed by atoms with E-state index in [4.69, 9.17) is 4.99 Å². The fourth-order valence-corrected chi connectivity index (χ4v) is 4.99. The van der Waals surface area contributed by atoms with E-state index in [-0.39, 0.29) is 10.8 Å². The third-order valence-electron chi connectivity index (χ3n) is 5.68. The number of hydrogen-bond acceptors (Lipinski definition) is 3. The van der Waals surface area contributed by atoms with E-state index in [1.54, 1.807) is 0 Å². The molecule has 1 aromatic carbocycles. The van der Waals surface area contributed by atoms with E-state index in [0.29, 0.717) is 18.2 Å². The predicted molar refractivity (Wildman–Crippen MR) is 92.7 cm³/mol. The SMILES string of the molecule is CC(C)N1[C@@H](C(C)(C)C)C2=NCC[C@@]23c2ccccc2N[C@@H]13. The number of benzene rings is 1. The average Bonchev–Trinajstić information content (AvgIpc) is 3.04. The summed E-state index contributed by atoms with van der Waals surface area (Å²) in [4.78, 5) is 7.72. The Morgan fingerprint density at radius 3 is 2.68 bits per heavy atom. The summed E-state index contributed by atoms with van der Waals surface area (Å²) in [5.74, 6) is 0. The first-order chi connectivity index (χ1) is 10.4. The molecule has 0 amide bonds. The highest BCUT2D eigenvalue weighted by Crippen LogP contribution is 2.56. The van der Waals surface area contributed by atoms with Gasteiger partial charge in [-0.1, -0.05) is 39.0 Å². The first-order valence-electron chi connectivity index (χ1n) is 8.55. The van der Waals surface area contributed by atoms with Crippen molar-refractivity contribution in [2.24, 2.45) is 10.4 Å². The summed E-state index contributed by atoms with van der Waals surface area (Å²) >= 11 is 0. The van der Waals surface area contributed by atoms with Gasteiger partial charge >= 0.3 is 0 Å². The van der Waals surface area contributed by atoms with Crippen molar-refractivity contribution >= 4 is 11.4 Å². The number of likely N-dealkylation sites (tertiary alicyclic amines) is 1. The quantitative estimate of drug-likeness (QED) is 0.856. The van der Waals surface area contributed by atoms with Crippen molar-refractivity contribution in [1.82, 2.24) is 4.90 Å². The molecule has 0 aromatic heterocycles. The van der Waals surface area contributed by atoms with Crippen LogP contribution >= 0.6 is 0 Å². The molecule has 3 heterocycles. The number of nitrogens with one attached hydrogen (secondary N) is 1. The summed E-state index contributed by atoms with van der Waals surface area (Å²) in [7, 11) is 0. The van der Waals surface area contributed by atoms with Gasteiger partial charge in [0.2, 0.25) is 0 Å². The van der Waals surface area contributed by atoms with E-state index in [1.165, 1.54) is 17.0 Å². The molecule has 0 bridgehead atoms. The summed E-state index contributed by atoms with van der Waals surface area (Å²) < 4.78 is 0. The Hall–Kier alpha value is -1.35. The molecule has 3 heteroatoms. The second-order valence-electron chi connectivity index (χ2n) is 8.39. The molecule has 22 heavy (non-hydrogen) atoms. The molecular formula is C19H27N3. The summed E-state index contributed by atoms with van der Waals surface area (Å²) in [5, 5.41) is 3.84. The number of anilines is 1. The molecule has 1 fully saturated rings. The molecule has 1 spiro atoms. The zero-order chi connectivity index (χ0) is 15.7. The summed E-state index contributed by atoms with van der Waals surface area (Å²) in [6.07, 6.45) is 1.50. The Morgan fingerprint density at radius 2 is 2.00 bits per heavy atom. The van der Waals surface area contributed by atoms with Crippen LogP contribution in [0.2, 0.25) is 0 Å². The van der Waals surface area contributed by atoms with Gasteiger partial charge in [-0.2, -0.15) is 0 Å². The number of fused-ring (bicyclic) bond motifs is 1. The number of rotatable bonds is 1. The number of para-hydroxylation sites is 1. The predicted octanol–water partition coefficient (Wildman–Crippen LogP) is 3.66. The Bertz CT molecular complexity index is 640. The van der Waals surface area contributed by atoms with Gasteiger partial charge in [0.25, 0.3) is 0 Å². The van der Waals surface area contributed by atoms with Crippen LogP contribution in [0.5, 0.6) is 0 Å². The van der Waals surface area contributed by atoms with Crippen LogP contribution in [0.3, 0.4) is 0 Å². The van der Waals surface area contributed by atoms with Crippen LogP contribution in [0, 0.1) is 5.41 Å². The lowest BCUT2D eigenvalue weighted by Gasteiger charge is -2.40. The van der Waals surface area contributed by atoms with E-state index in [0.717, 1.165) is 13.0 Å². The van der Waals surface area contributed by atoms with E-state index in [1.807, 2.05) is 0 Å². The first-order valence-corrected chi connectivity index (χ1v) is 8.55. The van der Waals surface area contributed by atoms with Crippen LogP contribution in [-0.4, -0.2) is 35.4 Å². The van der Waals surface area contributed by atoms with Crippen LogP contribution < -0.4 is 5.32 Å². The van der Waals surface area contributed by atoms with Gasteiger partial charge in [-0.15, -0.1) is 0 Å². The Labute approximate surface area is 133 Å². The molecule has 1 aromatic rings. The van der Waals surface area contributed by atoms with Crippen molar-refractivity contribution < 1.29 is 0 Å². The monoisotopic (exact) mass is 297 g/mol. The largest absolute Gasteiger partial charge is 0.368 e. The van der Waals surface area contributed by atoms with Crippen molar-refractivity contribution in [3.63, 3.8) is 0 Å². The van der Waals surface area contributed by atoms with Gasteiger partial charge in [0.15, 0.2) is 0 Å². The van der Waals surface area contributed by atoms with Crippen LogP contribution in [0.4, 0.5) is 5.69 Å². The molecule has 0 unspecified atom stereocenters. The lowest BCUT2D eigenvalue weighted by atomic mass is 9.72. The molecule has 4 rings (SSSR count). The van der Waals surface area contributed by atoms with Gasteiger partial charge in [-0.05, 0) is 37.3 Å². The average molecular weight is 297 g/mol. The van der Waals surface area contributed by atoms with Crippen LogP contribution in [0.15, 0.2) is 29.3 Å². The molecule has 118 valence electrons. The lowest BCUT2D eigenvalue weighted by Crippen LogP contribution is -2.51. The number of nitrogens with zero attached hydrogens (tertiary/aromatic N) is 2. The van der Waals surface area contributed by atoms with Gasteiger partial charge < -0.3 is 5.32 Å². The van der Waals surface area contributed by atoms with Gasteiger partial charge in [0.05, 0.1) is 17.6 Å². The van der Waals surface area contributed by atoms with E-state index in [2.05, 4.69) is 69.1 Å². The fourth-order valence-electron chi connectivity index (χ4n) is 4.99. The molecule has 0 aliphatic carbocycles. The Balaban J connectivity index is 1.93. The van der Waals surface area contributed by atoms with Crippen LogP contribution in [0.1, 0.15) is 46.6 Å². The van der Waals surface area contributed by atoms with Gasteiger partial charge in [-0.3, -0.25) is 9.89 Å². The highest BCUT2D eigenvalue weighted by Gasteiger charge is 2.65. The minimum atomic E-state index is 0.0960. The zero-order valence-corrected chi connectivity index (χ0v) is 14.4. The summed E-state index contributed by atoms with van der Waals surface area (Å²) in [6, 6.07) is 9.77. The van der Waals surface area contributed by atoms with Crippen molar-refractivity contribution in [2.75, 3.05) is 11.9 Å². The second kappa shape index (κ2) is 4.35. The third-order valence-corrected chi connectivity index (χ3v) is 5.68. The molecule has 0 saturated carbocycles. The standard InChI is InChI=1S/C19H27N3/c1-12(2)22-16(18(3,4)5)15-19(10-11-20-15)13-8-6-7-9-14(13)21-17(19)22/h6-9,12,16-17,21H,10-11H2,1-5H3/t16-,17+,19-/m1/s1. The van der Waals surface area contributed by atoms with Crippen molar-refractivity contribution in [1.29, 1.82) is 0 Å². The molecule has 0 radical (unpaired) electrons. The molecule has 3 nitrogen and oxygen atoms in total. The van der Waals surface area contributed by atoms with Gasteiger partial charge in [0.1, 0.15) is 0 Å². The number of hydrogen-bond donors (Lipinski definition) is 1. The minimum Gasteiger partial charge on any atom is -0.368 e. The second-order valence-corrected chi connectivity index (χ2v) is 8.39. The van der Waals surface area contributed by atoms with Crippen LogP contribution in [-0.2, 0) is 5.41 Å². The maximum Gasteiger partial charge on any atom is 0.0955 e. The Morgan fingerprint density at radius 1 is 1.27 bits per heavy atom. The zero-order valence-electron chi connectivity index (χ0n) is 14.4. The fraction of sp³-hybridized carbons (Fsp3) is 0.632. The van der Waals surface area contributed by atoms with Crippen molar-refractivity contribution in [3.05, 3.63) is 29.8 Å². The summed E-state index contributed by atoms with van der Waals surface area (Å²) in [6.45, 7) is 12.7. The van der Waals surface area contributed by atoms with E-state index >= 15 is 0 Å². The molecule has 1 saturated heterocycles. The third kappa shape index (κ3) is 1.58. The highest BCUT2D eigenvalue weighted by atomic mass is 15.4. The van der Waals surface area contributed by atoms with E-state index in [9.17, 15) is 0 Å². The number of aliphatic imine (C=N–C) groups is 1. The van der Waals surface area contributed by atoms with E-state index < -0.39 is 0 Å². The molecule has 3 aliphatic heterocycles. The smallest absolute Gasteiger partial charge is 0.0955 e. The van der Waals surface area contributed by atoms with Gasteiger partial charge in [-0.25, -0.2) is 0 Å². The minimum absolute atomic E-state index is 0.0960. The maximum atomic E-state index is 5.05. The van der Waals surface area contributed by atoms with Gasteiger partial charge in [0, 0.05) is 24.0 Å². The topological polar surface area (TPSA) is 27.6 Å². The molecular weight excluding hydrogens is 270 g/mol. The summed E-state index contributed by atoms with van der Waals surface area (Å²) in [5.41, 5.74) is 4.49. The maximum absolute atomic E-state index is 5.05. The lowest BCUT2D eigenvalue weighted by molar-refractivity contribution is 0.0940. The molecule has 1 N–H and O–H groups in total. The van der Waals surface area contributed by atoms with Crippen LogP contribution in [0.25, 0.3) is 0 Å². The normalized spacial score (nSPS) is 33.5. The highest BCUT2D eigenvalue weighted by molar-refractivity contribution is 6.06. The molecule has 3 atom stereocenters. The molecule has 3 aliphatic rings. The Kier molecular flexibility index (Phi) is 2.82. The first kappa shape index (κ1) is 14.3.